The van der Waals surface area contributed by atoms with Gasteiger partial charge in [-0.25, -0.2) is 0 Å². The summed E-state index contributed by atoms with van der Waals surface area (Å²) in [6, 6.07) is 0. The van der Waals surface area contributed by atoms with Crippen LogP contribution < -0.4 is 29.6 Å². The Bertz CT molecular complexity index is 190. The van der Waals surface area contributed by atoms with Gasteiger partial charge < -0.3 is 9.29 Å². The van der Waals surface area contributed by atoms with Crippen LogP contribution in [0.25, 0.3) is 0 Å². The molecule has 6 heteroatoms. The van der Waals surface area contributed by atoms with E-state index in [0.717, 1.165) is 0 Å². The van der Waals surface area contributed by atoms with Crippen LogP contribution in [0.3, 0.4) is 0 Å². The Morgan fingerprint density at radius 1 is 1.58 bits per heavy atom. The minimum absolute atomic E-state index is 0. The molecule has 1 rings (SSSR count). The molecule has 1 unspecified atom stereocenters. The van der Waals surface area contributed by atoms with E-state index in [4.69, 9.17) is 0 Å². The molecule has 0 spiro atoms. The monoisotopic (exact) mass is 200 g/mol. The molecule has 12 heavy (non-hydrogen) atoms. The van der Waals surface area contributed by atoms with Crippen molar-refractivity contribution in [2.24, 2.45) is 5.92 Å². The number of hydrogen-bond donors (Lipinski definition) is 0. The maximum Gasteiger partial charge on any atom is 1.00 e. The van der Waals surface area contributed by atoms with E-state index >= 15 is 0 Å². The van der Waals surface area contributed by atoms with Gasteiger partial charge in [-0.05, 0) is 12.8 Å². The first-order valence-corrected chi connectivity index (χ1v) is 4.45. The minimum atomic E-state index is -2.02. The minimum Gasteiger partial charge on any atom is -0.772 e. The molecule has 1 aliphatic carbocycles. The van der Waals surface area contributed by atoms with Crippen molar-refractivity contribution in [3.05, 3.63) is 0 Å². The number of rotatable bonds is 2. The van der Waals surface area contributed by atoms with Crippen LogP contribution in [0, 0.1) is 5.92 Å². The van der Waals surface area contributed by atoms with E-state index in [1.54, 1.807) is 0 Å². The molecule has 0 aromatic rings. The van der Waals surface area contributed by atoms with Crippen molar-refractivity contribution in [2.75, 3.05) is 7.11 Å². The van der Waals surface area contributed by atoms with Crippen molar-refractivity contribution >= 4 is 17.0 Å². The molecule has 0 bridgehead atoms. The summed E-state index contributed by atoms with van der Waals surface area (Å²) in [6.07, 6.45) is 0.839. The third-order valence-electron chi connectivity index (χ3n) is 1.90. The summed E-state index contributed by atoms with van der Waals surface area (Å²) >= 11 is -2.02. The molecule has 0 aromatic heterocycles. The van der Waals surface area contributed by atoms with E-state index in [1.165, 1.54) is 7.11 Å². The normalized spacial score (nSPS) is 29.5. The molecule has 0 radical (unpaired) electrons. The number of esters is 1. The summed E-state index contributed by atoms with van der Waals surface area (Å²) in [6.45, 7) is 0. The van der Waals surface area contributed by atoms with Crippen LogP contribution in [0.15, 0.2) is 0 Å². The number of carbonyl (C=O) groups excluding carboxylic acids is 1. The molecule has 4 nitrogen and oxygen atoms in total. The number of methoxy groups -OCH3 is 1. The van der Waals surface area contributed by atoms with E-state index in [-0.39, 0.29) is 46.7 Å². The van der Waals surface area contributed by atoms with Gasteiger partial charge in [0.05, 0.1) is 13.0 Å². The molecule has 0 heterocycles. The van der Waals surface area contributed by atoms with Crippen LogP contribution >= 0.6 is 0 Å². The molecule has 1 fully saturated rings. The average Bonchev–Trinajstić information content (AvgIpc) is 1.83. The zero-order chi connectivity index (χ0) is 8.43. The first kappa shape index (κ1) is 12.6. The van der Waals surface area contributed by atoms with E-state index in [9.17, 15) is 13.6 Å². The maximum atomic E-state index is 10.7. The van der Waals surface area contributed by atoms with Crippen molar-refractivity contribution in [3.8, 4) is 0 Å². The largest absolute Gasteiger partial charge is 1.00 e. The first-order valence-electron chi connectivity index (χ1n) is 3.31. The van der Waals surface area contributed by atoms with Gasteiger partial charge in [0.15, 0.2) is 0 Å². The topological polar surface area (TPSA) is 66.4 Å². The third-order valence-corrected chi connectivity index (χ3v) is 2.83. The molecular weight excluding hydrogens is 191 g/mol. The summed E-state index contributed by atoms with van der Waals surface area (Å²) in [5.74, 6) is -0.491. The van der Waals surface area contributed by atoms with Crippen LogP contribution in [0.2, 0.25) is 0 Å². The third kappa shape index (κ3) is 2.81. The van der Waals surface area contributed by atoms with Crippen molar-refractivity contribution in [1.82, 2.24) is 0 Å². The second kappa shape index (κ2) is 5.34. The summed E-state index contributed by atoms with van der Waals surface area (Å²) in [7, 11) is 1.31. The summed E-state index contributed by atoms with van der Waals surface area (Å²) in [4.78, 5) is 10.7. The van der Waals surface area contributed by atoms with E-state index in [0.29, 0.717) is 12.8 Å². The van der Waals surface area contributed by atoms with Gasteiger partial charge in [-0.15, -0.1) is 0 Å². The zero-order valence-corrected chi connectivity index (χ0v) is 9.93. The average molecular weight is 200 g/mol. The van der Waals surface area contributed by atoms with Crippen molar-refractivity contribution in [2.45, 2.75) is 18.1 Å². The fourth-order valence-electron chi connectivity index (χ4n) is 1.08. The van der Waals surface area contributed by atoms with E-state index in [1.807, 2.05) is 0 Å². The van der Waals surface area contributed by atoms with Gasteiger partial charge in [-0.2, -0.15) is 0 Å². The van der Waals surface area contributed by atoms with Crippen LogP contribution in [0.4, 0.5) is 0 Å². The second-order valence-corrected chi connectivity index (χ2v) is 3.76. The summed E-state index contributed by atoms with van der Waals surface area (Å²) < 4.78 is 25.0. The fraction of sp³-hybridized carbons (Fsp3) is 0.833. The van der Waals surface area contributed by atoms with Crippen LogP contribution in [-0.2, 0) is 20.6 Å². The van der Waals surface area contributed by atoms with Gasteiger partial charge in [0.1, 0.15) is 0 Å². The van der Waals surface area contributed by atoms with E-state index < -0.39 is 11.1 Å². The molecule has 64 valence electrons. The number of ether oxygens (including phenoxy) is 1. The maximum absolute atomic E-state index is 10.7. The van der Waals surface area contributed by atoms with Gasteiger partial charge in [-0.1, -0.05) is 11.1 Å². The van der Waals surface area contributed by atoms with E-state index in [2.05, 4.69) is 4.74 Å². The Balaban J connectivity index is 0.00000121. The molecule has 0 aromatic carbocycles. The predicted molar refractivity (Wildman–Crippen MR) is 37.4 cm³/mol. The Labute approximate surface area is 95.6 Å². The molecular formula is C6H9NaO4S. The Morgan fingerprint density at radius 2 is 2.08 bits per heavy atom. The van der Waals surface area contributed by atoms with Gasteiger partial charge in [0.2, 0.25) is 0 Å². The van der Waals surface area contributed by atoms with Crippen LogP contribution in [0.5, 0.6) is 0 Å². The quantitative estimate of drug-likeness (QED) is 0.268. The molecule has 0 N–H and O–H groups in total. The first-order chi connectivity index (χ1) is 5.15. The summed E-state index contributed by atoms with van der Waals surface area (Å²) in [5.41, 5.74) is 0. The predicted octanol–water partition coefficient (Wildman–Crippen LogP) is -3.18. The van der Waals surface area contributed by atoms with Crippen molar-refractivity contribution in [3.63, 3.8) is 0 Å². The Hall–Kier alpha value is 0.580. The SMILES string of the molecule is COC(=O)[C@H]1C[C@H](S(=O)[O-])C1.[Na+]. The molecule has 1 aliphatic rings. The molecule has 1 atom stereocenters. The molecule has 0 saturated heterocycles. The number of carbonyl (C=O) groups is 1. The second-order valence-electron chi connectivity index (χ2n) is 2.57. The summed E-state index contributed by atoms with van der Waals surface area (Å²) in [5, 5.41) is -0.334. The van der Waals surface area contributed by atoms with Crippen molar-refractivity contribution in [1.29, 1.82) is 0 Å². The van der Waals surface area contributed by atoms with Crippen LogP contribution in [0.1, 0.15) is 12.8 Å². The standard InChI is InChI=1S/C6H10O4S.Na/c1-10-6(7)4-2-5(3-4)11(8)9;/h4-5H,2-3H2,1H3,(H,8,9);/q;+1/p-1/t4-,5-;. The Kier molecular flexibility index (Phi) is 5.60. The van der Waals surface area contributed by atoms with Gasteiger partial charge in [0, 0.05) is 5.25 Å². The molecule has 0 aliphatic heterocycles. The Morgan fingerprint density at radius 3 is 2.42 bits per heavy atom. The molecule has 1 saturated carbocycles. The van der Waals surface area contributed by atoms with Gasteiger partial charge in [0.25, 0.3) is 0 Å². The van der Waals surface area contributed by atoms with Crippen LogP contribution in [-0.4, -0.2) is 27.1 Å². The van der Waals surface area contributed by atoms with Gasteiger partial charge >= 0.3 is 35.5 Å². The number of hydrogen-bond acceptors (Lipinski definition) is 4. The van der Waals surface area contributed by atoms with Crippen molar-refractivity contribution < 1.29 is 47.9 Å². The van der Waals surface area contributed by atoms with Gasteiger partial charge in [-0.3, -0.25) is 9.00 Å². The fourth-order valence-corrected chi connectivity index (χ4v) is 1.86. The zero-order valence-electron chi connectivity index (χ0n) is 7.11. The molecule has 0 amide bonds. The smallest absolute Gasteiger partial charge is 0.772 e.